The van der Waals surface area contributed by atoms with Gasteiger partial charge in [-0.3, -0.25) is 4.79 Å². The number of ether oxygens (including phenoxy) is 2. The van der Waals surface area contributed by atoms with Gasteiger partial charge in [0.1, 0.15) is 0 Å². The van der Waals surface area contributed by atoms with Crippen LogP contribution in [-0.2, 0) is 14.3 Å². The zero-order valence-electron chi connectivity index (χ0n) is 12.5. The van der Waals surface area contributed by atoms with E-state index in [1.165, 1.54) is 25.7 Å². The lowest BCUT2D eigenvalue weighted by Crippen LogP contribution is -2.52. The lowest BCUT2D eigenvalue weighted by molar-refractivity contribution is -0.274. The van der Waals surface area contributed by atoms with Crippen molar-refractivity contribution in [3.05, 3.63) is 0 Å². The minimum atomic E-state index is -0.769. The molecule has 0 aromatic rings. The summed E-state index contributed by atoms with van der Waals surface area (Å²) >= 11 is 0. The van der Waals surface area contributed by atoms with Gasteiger partial charge in [0.25, 0.3) is 0 Å². The highest BCUT2D eigenvalue weighted by Gasteiger charge is 2.50. The molecule has 0 spiro atoms. The van der Waals surface area contributed by atoms with Gasteiger partial charge in [0, 0.05) is 5.92 Å². The number of hydrogen-bond donors (Lipinski definition) is 1. The molecule has 1 N–H and O–H groups in total. The Kier molecular flexibility index (Phi) is 4.04. The lowest BCUT2D eigenvalue weighted by atomic mass is 9.63. The zero-order chi connectivity index (χ0) is 14.3. The van der Waals surface area contributed by atoms with E-state index in [1.807, 2.05) is 0 Å². The minimum absolute atomic E-state index is 0.100. The van der Waals surface area contributed by atoms with Crippen LogP contribution in [0.5, 0.6) is 0 Å². The van der Waals surface area contributed by atoms with Gasteiger partial charge in [-0.1, -0.05) is 13.3 Å². The summed E-state index contributed by atoms with van der Waals surface area (Å²) in [4.78, 5) is 11.1. The number of hydrogen-bond acceptors (Lipinski definition) is 3. The largest absolute Gasteiger partial charge is 0.481 e. The highest BCUT2D eigenvalue weighted by atomic mass is 16.7. The summed E-state index contributed by atoms with van der Waals surface area (Å²) in [7, 11) is 0. The van der Waals surface area contributed by atoms with Crippen molar-refractivity contribution in [1.29, 1.82) is 0 Å². The molecule has 0 radical (unpaired) electrons. The normalized spacial score (nSPS) is 48.2. The molecule has 1 aliphatic carbocycles. The summed E-state index contributed by atoms with van der Waals surface area (Å²) in [5.41, 5.74) is 0. The Hall–Kier alpha value is -0.610. The summed E-state index contributed by atoms with van der Waals surface area (Å²) in [6.07, 6.45) is 6.06. The van der Waals surface area contributed by atoms with Crippen molar-refractivity contribution in [3.63, 3.8) is 0 Å². The molecule has 3 fully saturated rings. The highest BCUT2D eigenvalue weighted by Crippen LogP contribution is 2.50. The molecular formula is C16H26O4. The Morgan fingerprint density at radius 2 is 1.95 bits per heavy atom. The van der Waals surface area contributed by atoms with Crippen LogP contribution in [0.2, 0.25) is 0 Å². The third-order valence-corrected chi connectivity index (χ3v) is 5.72. The summed E-state index contributed by atoms with van der Waals surface area (Å²) in [5, 5.41) is 9.09. The lowest BCUT2D eigenvalue weighted by Gasteiger charge is -2.50. The molecule has 0 aromatic carbocycles. The van der Waals surface area contributed by atoms with Crippen LogP contribution in [0.25, 0.3) is 0 Å². The second kappa shape index (κ2) is 5.64. The van der Waals surface area contributed by atoms with Gasteiger partial charge in [0.05, 0.1) is 18.6 Å². The maximum atomic E-state index is 11.1. The van der Waals surface area contributed by atoms with Crippen molar-refractivity contribution in [2.24, 2.45) is 23.7 Å². The molecule has 2 saturated heterocycles. The van der Waals surface area contributed by atoms with E-state index < -0.39 is 5.97 Å². The number of rotatable bonds is 2. The zero-order valence-corrected chi connectivity index (χ0v) is 12.5. The molecule has 3 rings (SSSR count). The molecule has 3 unspecified atom stereocenters. The predicted molar refractivity (Wildman–Crippen MR) is 74.2 cm³/mol. The van der Waals surface area contributed by atoms with Gasteiger partial charge in [0.15, 0.2) is 6.29 Å². The van der Waals surface area contributed by atoms with Crippen molar-refractivity contribution >= 4 is 5.97 Å². The van der Waals surface area contributed by atoms with Crippen molar-refractivity contribution in [2.75, 3.05) is 0 Å². The van der Waals surface area contributed by atoms with Gasteiger partial charge in [-0.25, -0.2) is 0 Å². The Balaban J connectivity index is 1.83. The van der Waals surface area contributed by atoms with Crippen LogP contribution < -0.4 is 0 Å². The van der Waals surface area contributed by atoms with E-state index in [-0.39, 0.29) is 24.9 Å². The summed E-state index contributed by atoms with van der Waals surface area (Å²) in [6.45, 7) is 4.28. The molecule has 0 bridgehead atoms. The maximum absolute atomic E-state index is 11.1. The summed E-state index contributed by atoms with van der Waals surface area (Å²) < 4.78 is 12.2. The fourth-order valence-electron chi connectivity index (χ4n) is 4.66. The molecule has 2 aliphatic heterocycles. The maximum Gasteiger partial charge on any atom is 0.305 e. The van der Waals surface area contributed by atoms with Crippen molar-refractivity contribution < 1.29 is 19.4 Å². The van der Waals surface area contributed by atoms with E-state index in [2.05, 4.69) is 13.8 Å². The number of carboxylic acids is 1. The Labute approximate surface area is 120 Å². The van der Waals surface area contributed by atoms with Crippen LogP contribution in [0.4, 0.5) is 0 Å². The molecule has 114 valence electrons. The van der Waals surface area contributed by atoms with Crippen LogP contribution in [0.3, 0.4) is 0 Å². The minimum Gasteiger partial charge on any atom is -0.481 e. The van der Waals surface area contributed by atoms with Gasteiger partial charge in [-0.05, 0) is 50.4 Å². The van der Waals surface area contributed by atoms with E-state index >= 15 is 0 Å². The topological polar surface area (TPSA) is 55.8 Å². The molecule has 2 heterocycles. The first-order valence-corrected chi connectivity index (χ1v) is 8.09. The molecule has 4 nitrogen and oxygen atoms in total. The molecule has 0 aromatic heterocycles. The first-order chi connectivity index (χ1) is 9.56. The summed E-state index contributed by atoms with van der Waals surface area (Å²) in [5.74, 6) is 1.31. The third-order valence-electron chi connectivity index (χ3n) is 5.72. The Morgan fingerprint density at radius 1 is 1.15 bits per heavy atom. The highest BCUT2D eigenvalue weighted by molar-refractivity contribution is 5.67. The first-order valence-electron chi connectivity index (χ1n) is 8.09. The van der Waals surface area contributed by atoms with Gasteiger partial charge in [0.2, 0.25) is 0 Å². The fraction of sp³-hybridized carbons (Fsp3) is 0.938. The van der Waals surface area contributed by atoms with Crippen molar-refractivity contribution in [3.8, 4) is 0 Å². The van der Waals surface area contributed by atoms with E-state index in [1.54, 1.807) is 0 Å². The quantitative estimate of drug-likeness (QED) is 0.845. The average Bonchev–Trinajstić information content (AvgIpc) is 2.55. The molecule has 0 amide bonds. The Bertz CT molecular complexity index is 369. The second-order valence-electron chi connectivity index (χ2n) is 6.96. The smallest absolute Gasteiger partial charge is 0.305 e. The van der Waals surface area contributed by atoms with E-state index in [4.69, 9.17) is 14.6 Å². The van der Waals surface area contributed by atoms with Crippen LogP contribution in [0.1, 0.15) is 52.4 Å². The van der Waals surface area contributed by atoms with Crippen LogP contribution in [0.15, 0.2) is 0 Å². The molecule has 7 atom stereocenters. The molecule has 1 saturated carbocycles. The number of carboxylic acid groups (broad SMARTS) is 1. The van der Waals surface area contributed by atoms with Gasteiger partial charge in [-0.2, -0.15) is 0 Å². The molecule has 4 heteroatoms. The van der Waals surface area contributed by atoms with E-state index in [0.717, 1.165) is 6.42 Å². The van der Waals surface area contributed by atoms with Gasteiger partial charge in [-0.15, -0.1) is 0 Å². The molecule has 20 heavy (non-hydrogen) atoms. The molecular weight excluding hydrogens is 256 g/mol. The third kappa shape index (κ3) is 2.60. The van der Waals surface area contributed by atoms with E-state index in [0.29, 0.717) is 23.7 Å². The predicted octanol–water partition coefficient (Wildman–Crippen LogP) is 3.05. The Morgan fingerprint density at radius 3 is 2.70 bits per heavy atom. The molecule has 3 aliphatic rings. The van der Waals surface area contributed by atoms with Crippen LogP contribution >= 0.6 is 0 Å². The van der Waals surface area contributed by atoms with E-state index in [9.17, 15) is 4.79 Å². The SMILES string of the molecule is C[C@@H]1C2CCCC3CC[C@H](C)O[C@@H](O[C@@H]1CC(=O)O)C32. The van der Waals surface area contributed by atoms with Crippen molar-refractivity contribution in [2.45, 2.75) is 70.9 Å². The first kappa shape index (κ1) is 14.3. The monoisotopic (exact) mass is 282 g/mol. The van der Waals surface area contributed by atoms with Crippen LogP contribution in [-0.4, -0.2) is 29.6 Å². The summed E-state index contributed by atoms with van der Waals surface area (Å²) in [6, 6.07) is 0. The van der Waals surface area contributed by atoms with Crippen LogP contribution in [0, 0.1) is 23.7 Å². The van der Waals surface area contributed by atoms with Crippen molar-refractivity contribution in [1.82, 2.24) is 0 Å². The van der Waals surface area contributed by atoms with Gasteiger partial charge < -0.3 is 14.6 Å². The number of carbonyl (C=O) groups is 1. The standard InChI is InChI=1S/C16H26O4/c1-9-6-7-11-4-3-5-12-10(2)13(8-14(17)18)20-16(19-9)15(11)12/h9-13,15-16H,3-8H2,1-2H3,(H,17,18)/t9-,10+,11?,12?,13+,15?,16-/m0/s1. The average molecular weight is 282 g/mol. The van der Waals surface area contributed by atoms with Gasteiger partial charge >= 0.3 is 5.97 Å². The number of aliphatic carboxylic acids is 1. The fourth-order valence-corrected chi connectivity index (χ4v) is 4.66. The second-order valence-corrected chi connectivity index (χ2v) is 6.96.